The molecule has 8 nitrogen and oxygen atoms in total. The Bertz CT molecular complexity index is 1250. The topological polar surface area (TPSA) is 86.6 Å². The lowest BCUT2D eigenvalue weighted by atomic mass is 9.83. The molecule has 1 aromatic carbocycles. The predicted octanol–water partition coefficient (Wildman–Crippen LogP) is 3.84. The number of rotatable bonds is 2. The molecule has 0 N–H and O–H groups in total. The van der Waals surface area contributed by atoms with Crippen LogP contribution in [-0.2, 0) is 5.54 Å². The summed E-state index contributed by atoms with van der Waals surface area (Å²) in [6.07, 6.45) is 3.28. The van der Waals surface area contributed by atoms with E-state index in [1.807, 2.05) is 56.1 Å². The van der Waals surface area contributed by atoms with Crippen LogP contribution in [0.2, 0.25) is 0 Å². The molecule has 0 unspecified atom stereocenters. The number of benzene rings is 1. The van der Waals surface area contributed by atoms with Gasteiger partial charge in [0.15, 0.2) is 17.2 Å². The minimum Gasteiger partial charge on any atom is -0.483 e. The van der Waals surface area contributed by atoms with Crippen molar-refractivity contribution in [3.05, 3.63) is 47.8 Å². The number of carbonyl (C=O) groups is 2. The molecule has 4 heterocycles. The maximum Gasteiger partial charge on any atom is 0.254 e. The number of piperidine rings is 1. The standard InChI is InChI=1S/C25H28N4O4/c1-24(2,3)29-15-20-22(27-29)19(30)14-25(33-20)9-11-28(12-10-25)23(31)17-13-21(32-4)26-18-8-6-5-7-16(17)18/h5-8,13,15H,9-12,14H2,1-4H3. The van der Waals surface area contributed by atoms with Gasteiger partial charge in [-0.05, 0) is 26.8 Å². The van der Waals surface area contributed by atoms with Gasteiger partial charge < -0.3 is 14.4 Å². The van der Waals surface area contributed by atoms with Crippen LogP contribution in [0.4, 0.5) is 0 Å². The molecule has 172 valence electrons. The molecule has 1 saturated heterocycles. The average molecular weight is 449 g/mol. The van der Waals surface area contributed by atoms with E-state index in [0.29, 0.717) is 48.8 Å². The number of para-hydroxylation sites is 1. The average Bonchev–Trinajstić information content (AvgIpc) is 3.23. The summed E-state index contributed by atoms with van der Waals surface area (Å²) in [5.41, 5.74) is 0.869. The first-order valence-electron chi connectivity index (χ1n) is 11.2. The summed E-state index contributed by atoms with van der Waals surface area (Å²) in [5, 5.41) is 5.27. The molecule has 33 heavy (non-hydrogen) atoms. The third-order valence-corrected chi connectivity index (χ3v) is 6.54. The van der Waals surface area contributed by atoms with Crippen molar-refractivity contribution in [2.45, 2.75) is 51.2 Å². The summed E-state index contributed by atoms with van der Waals surface area (Å²) in [5.74, 6) is 0.898. The number of likely N-dealkylation sites (tertiary alicyclic amines) is 1. The maximum absolute atomic E-state index is 13.5. The summed E-state index contributed by atoms with van der Waals surface area (Å²) < 4.78 is 13.5. The Morgan fingerprint density at radius 2 is 1.91 bits per heavy atom. The second-order valence-electron chi connectivity index (χ2n) is 9.86. The Kier molecular flexibility index (Phi) is 4.92. The molecule has 1 amide bonds. The fourth-order valence-electron chi connectivity index (χ4n) is 4.61. The summed E-state index contributed by atoms with van der Waals surface area (Å²) in [4.78, 5) is 32.6. The lowest BCUT2D eigenvalue weighted by molar-refractivity contribution is -0.00582. The number of hydrogen-bond acceptors (Lipinski definition) is 6. The number of methoxy groups -OCH3 is 1. The molecule has 1 spiro atoms. The summed E-state index contributed by atoms with van der Waals surface area (Å²) in [7, 11) is 1.55. The smallest absolute Gasteiger partial charge is 0.254 e. The van der Waals surface area contributed by atoms with Gasteiger partial charge in [-0.15, -0.1) is 0 Å². The third kappa shape index (κ3) is 3.73. The Morgan fingerprint density at radius 1 is 1.18 bits per heavy atom. The van der Waals surface area contributed by atoms with Crippen molar-refractivity contribution in [1.82, 2.24) is 19.7 Å². The number of ether oxygens (including phenoxy) is 2. The number of pyridine rings is 1. The predicted molar refractivity (Wildman–Crippen MR) is 123 cm³/mol. The fraction of sp³-hybridized carbons (Fsp3) is 0.440. The van der Waals surface area contributed by atoms with Crippen LogP contribution in [-0.4, -0.2) is 57.2 Å². The molecule has 2 aromatic heterocycles. The van der Waals surface area contributed by atoms with E-state index in [1.54, 1.807) is 17.9 Å². The molecule has 0 radical (unpaired) electrons. The molecule has 8 heteroatoms. The summed E-state index contributed by atoms with van der Waals surface area (Å²) in [6.45, 7) is 7.12. The van der Waals surface area contributed by atoms with E-state index in [2.05, 4.69) is 10.1 Å². The van der Waals surface area contributed by atoms with Gasteiger partial charge in [0.2, 0.25) is 5.88 Å². The normalized spacial score (nSPS) is 17.7. The highest BCUT2D eigenvalue weighted by Gasteiger charge is 2.45. The first kappa shape index (κ1) is 21.4. The monoisotopic (exact) mass is 448 g/mol. The van der Waals surface area contributed by atoms with Crippen molar-refractivity contribution in [3.63, 3.8) is 0 Å². The van der Waals surface area contributed by atoms with Crippen LogP contribution < -0.4 is 9.47 Å². The van der Waals surface area contributed by atoms with Crippen molar-refractivity contribution in [1.29, 1.82) is 0 Å². The number of hydrogen-bond donors (Lipinski definition) is 0. The first-order chi connectivity index (χ1) is 15.7. The van der Waals surface area contributed by atoms with E-state index in [1.165, 1.54) is 0 Å². The van der Waals surface area contributed by atoms with Crippen LogP contribution in [0.1, 0.15) is 60.9 Å². The first-order valence-corrected chi connectivity index (χ1v) is 11.2. The van der Waals surface area contributed by atoms with Crippen molar-refractivity contribution in [2.75, 3.05) is 20.2 Å². The molecule has 2 aliphatic rings. The number of nitrogens with zero attached hydrogens (tertiary/aromatic N) is 4. The van der Waals surface area contributed by atoms with Crippen LogP contribution in [0, 0.1) is 0 Å². The lowest BCUT2D eigenvalue weighted by Crippen LogP contribution is -2.52. The number of aromatic nitrogens is 3. The van der Waals surface area contributed by atoms with Gasteiger partial charge >= 0.3 is 0 Å². The molecular weight excluding hydrogens is 420 g/mol. The number of carbonyl (C=O) groups excluding carboxylic acids is 2. The summed E-state index contributed by atoms with van der Waals surface area (Å²) >= 11 is 0. The largest absolute Gasteiger partial charge is 0.483 e. The second-order valence-corrected chi connectivity index (χ2v) is 9.86. The van der Waals surface area contributed by atoms with Crippen LogP contribution in [0.5, 0.6) is 11.6 Å². The zero-order chi connectivity index (χ0) is 23.4. The van der Waals surface area contributed by atoms with E-state index in [9.17, 15) is 9.59 Å². The number of amides is 1. The number of fused-ring (bicyclic) bond motifs is 2. The zero-order valence-corrected chi connectivity index (χ0v) is 19.4. The number of Topliss-reactive ketones (excluding diaryl/α,β-unsaturated/α-hetero) is 1. The van der Waals surface area contributed by atoms with Gasteiger partial charge in [0, 0.05) is 37.4 Å². The van der Waals surface area contributed by atoms with Gasteiger partial charge in [0.1, 0.15) is 5.60 Å². The molecule has 0 atom stereocenters. The van der Waals surface area contributed by atoms with Gasteiger partial charge in [-0.3, -0.25) is 14.3 Å². The van der Waals surface area contributed by atoms with Crippen LogP contribution in [0.15, 0.2) is 36.5 Å². The SMILES string of the molecule is COc1cc(C(=O)N2CCC3(CC2)CC(=O)c2nn(C(C)(C)C)cc2O3)c2ccccc2n1. The van der Waals surface area contributed by atoms with E-state index in [0.717, 1.165) is 10.9 Å². The highest BCUT2D eigenvalue weighted by molar-refractivity contribution is 6.06. The quantitative estimate of drug-likeness (QED) is 0.592. The third-order valence-electron chi connectivity index (χ3n) is 6.54. The fourth-order valence-corrected chi connectivity index (χ4v) is 4.61. The molecule has 0 aliphatic carbocycles. The van der Waals surface area contributed by atoms with Crippen molar-refractivity contribution >= 4 is 22.6 Å². The van der Waals surface area contributed by atoms with E-state index < -0.39 is 5.60 Å². The van der Waals surface area contributed by atoms with Crippen molar-refractivity contribution in [3.8, 4) is 11.6 Å². The van der Waals surface area contributed by atoms with Crippen LogP contribution >= 0.6 is 0 Å². The van der Waals surface area contributed by atoms with Crippen molar-refractivity contribution < 1.29 is 19.1 Å². The Hall–Kier alpha value is -3.42. The molecule has 0 saturated carbocycles. The molecule has 3 aromatic rings. The molecule has 1 fully saturated rings. The Balaban J connectivity index is 1.37. The minimum atomic E-state index is -0.593. The molecule has 2 aliphatic heterocycles. The highest BCUT2D eigenvalue weighted by atomic mass is 16.5. The lowest BCUT2D eigenvalue weighted by Gasteiger charge is -2.43. The van der Waals surface area contributed by atoms with Gasteiger partial charge in [-0.2, -0.15) is 5.10 Å². The van der Waals surface area contributed by atoms with E-state index >= 15 is 0 Å². The second kappa shape index (κ2) is 7.57. The van der Waals surface area contributed by atoms with E-state index in [4.69, 9.17) is 9.47 Å². The Labute approximate surface area is 192 Å². The van der Waals surface area contributed by atoms with Gasteiger partial charge in [0.05, 0.1) is 36.3 Å². The zero-order valence-electron chi connectivity index (χ0n) is 19.4. The van der Waals surface area contributed by atoms with Crippen LogP contribution in [0.3, 0.4) is 0 Å². The number of ketones is 1. The highest BCUT2D eigenvalue weighted by Crippen LogP contribution is 2.40. The van der Waals surface area contributed by atoms with Gasteiger partial charge in [0.25, 0.3) is 5.91 Å². The van der Waals surface area contributed by atoms with Gasteiger partial charge in [-0.25, -0.2) is 4.98 Å². The van der Waals surface area contributed by atoms with E-state index in [-0.39, 0.29) is 23.7 Å². The molecule has 5 rings (SSSR count). The molecular formula is C25H28N4O4. The minimum absolute atomic E-state index is 0.00360. The maximum atomic E-state index is 13.5. The van der Waals surface area contributed by atoms with Gasteiger partial charge in [-0.1, -0.05) is 18.2 Å². The Morgan fingerprint density at radius 3 is 2.61 bits per heavy atom. The van der Waals surface area contributed by atoms with Crippen molar-refractivity contribution in [2.24, 2.45) is 0 Å². The summed E-state index contributed by atoms with van der Waals surface area (Å²) in [6, 6.07) is 9.26. The van der Waals surface area contributed by atoms with Crippen LogP contribution in [0.25, 0.3) is 10.9 Å². The molecule has 0 bridgehead atoms.